The molecule has 0 bridgehead atoms. The Morgan fingerprint density at radius 2 is 2.18 bits per heavy atom. The first-order valence-electron chi connectivity index (χ1n) is 4.76. The van der Waals surface area contributed by atoms with Crippen molar-refractivity contribution in [3.8, 4) is 0 Å². The summed E-state index contributed by atoms with van der Waals surface area (Å²) in [5.41, 5.74) is 0.809. The summed E-state index contributed by atoms with van der Waals surface area (Å²) < 4.78 is 4.84. The maximum Gasteiger partial charge on any atom is 0.371 e. The van der Waals surface area contributed by atoms with Crippen LogP contribution in [0.25, 0.3) is 0 Å². The van der Waals surface area contributed by atoms with Crippen molar-refractivity contribution in [1.29, 1.82) is 0 Å². The van der Waals surface area contributed by atoms with Crippen LogP contribution in [0.2, 0.25) is 0 Å². The Hall–Kier alpha value is -2.57. The highest BCUT2D eigenvalue weighted by Gasteiger charge is 2.14. The number of hydrogen-bond acceptors (Lipinski definition) is 4. The predicted molar refractivity (Wildman–Crippen MR) is 55.4 cm³/mol. The number of carboxylic acids is 1. The second-order valence-corrected chi connectivity index (χ2v) is 3.26. The molecular weight excluding hydrogens is 226 g/mol. The number of aromatic carboxylic acids is 1. The summed E-state index contributed by atoms with van der Waals surface area (Å²) in [6.07, 6.45) is 3.22. The van der Waals surface area contributed by atoms with E-state index in [1.165, 1.54) is 12.1 Å². The minimum Gasteiger partial charge on any atom is -0.475 e. The number of carboxylic acid groups (broad SMARTS) is 1. The van der Waals surface area contributed by atoms with Gasteiger partial charge in [-0.15, -0.1) is 0 Å². The SMILES string of the molecule is O=C(O)c1ccc(C(=O)NCc2cn[nH]c2)o1. The fraction of sp³-hybridized carbons (Fsp3) is 0.100. The lowest BCUT2D eigenvalue weighted by Gasteiger charge is -1.99. The number of aromatic nitrogens is 2. The second kappa shape index (κ2) is 4.52. The average Bonchev–Trinajstić information content (AvgIpc) is 2.96. The molecule has 0 saturated carbocycles. The number of nitrogens with zero attached hydrogens (tertiary/aromatic N) is 1. The van der Waals surface area contributed by atoms with Crippen LogP contribution in [0.1, 0.15) is 26.7 Å². The van der Waals surface area contributed by atoms with Gasteiger partial charge >= 0.3 is 5.97 Å². The molecule has 0 aliphatic carbocycles. The minimum absolute atomic E-state index is 0.0362. The van der Waals surface area contributed by atoms with E-state index in [9.17, 15) is 9.59 Å². The van der Waals surface area contributed by atoms with Crippen LogP contribution in [0.5, 0.6) is 0 Å². The van der Waals surface area contributed by atoms with Gasteiger partial charge in [-0.05, 0) is 12.1 Å². The van der Waals surface area contributed by atoms with E-state index in [1.807, 2.05) is 0 Å². The molecule has 17 heavy (non-hydrogen) atoms. The van der Waals surface area contributed by atoms with Gasteiger partial charge < -0.3 is 14.8 Å². The summed E-state index contributed by atoms with van der Waals surface area (Å²) >= 11 is 0. The summed E-state index contributed by atoms with van der Waals surface area (Å²) in [6, 6.07) is 2.54. The zero-order valence-corrected chi connectivity index (χ0v) is 8.64. The Kier molecular flexibility index (Phi) is 2.91. The molecule has 2 heterocycles. The highest BCUT2D eigenvalue weighted by atomic mass is 16.4. The lowest BCUT2D eigenvalue weighted by molar-refractivity contribution is 0.0659. The number of rotatable bonds is 4. The normalized spacial score (nSPS) is 10.1. The van der Waals surface area contributed by atoms with Gasteiger partial charge in [0.05, 0.1) is 6.20 Å². The van der Waals surface area contributed by atoms with Crippen molar-refractivity contribution in [2.75, 3.05) is 0 Å². The number of carbonyl (C=O) groups is 2. The van der Waals surface area contributed by atoms with E-state index in [0.29, 0.717) is 6.54 Å². The molecule has 2 rings (SSSR count). The molecule has 0 aliphatic rings. The third-order valence-electron chi connectivity index (χ3n) is 2.05. The van der Waals surface area contributed by atoms with E-state index in [2.05, 4.69) is 15.5 Å². The van der Waals surface area contributed by atoms with E-state index in [0.717, 1.165) is 5.56 Å². The lowest BCUT2D eigenvalue weighted by atomic mass is 10.3. The molecule has 7 nitrogen and oxygen atoms in total. The largest absolute Gasteiger partial charge is 0.475 e. The summed E-state index contributed by atoms with van der Waals surface area (Å²) in [5, 5.41) is 17.5. The van der Waals surface area contributed by atoms with E-state index >= 15 is 0 Å². The topological polar surface area (TPSA) is 108 Å². The van der Waals surface area contributed by atoms with Crippen LogP contribution in [-0.2, 0) is 6.54 Å². The first kappa shape index (κ1) is 10.9. The van der Waals surface area contributed by atoms with E-state index in [-0.39, 0.29) is 11.5 Å². The van der Waals surface area contributed by atoms with E-state index < -0.39 is 11.9 Å². The third-order valence-corrected chi connectivity index (χ3v) is 2.05. The molecule has 0 spiro atoms. The molecule has 0 unspecified atom stereocenters. The Morgan fingerprint density at radius 3 is 2.76 bits per heavy atom. The first-order chi connectivity index (χ1) is 8.16. The Balaban J connectivity index is 1.97. The molecule has 0 aliphatic heterocycles. The molecule has 2 aromatic rings. The number of aromatic amines is 1. The molecule has 0 fully saturated rings. The molecule has 2 aromatic heterocycles. The van der Waals surface area contributed by atoms with Gasteiger partial charge in [0, 0.05) is 18.3 Å². The smallest absolute Gasteiger partial charge is 0.371 e. The van der Waals surface area contributed by atoms with Crippen LogP contribution < -0.4 is 5.32 Å². The molecule has 0 saturated heterocycles. The number of amides is 1. The number of H-pyrrole nitrogens is 1. The summed E-state index contributed by atoms with van der Waals surface area (Å²) in [5.74, 6) is -1.98. The first-order valence-corrected chi connectivity index (χ1v) is 4.76. The molecule has 0 radical (unpaired) electrons. The fourth-order valence-corrected chi connectivity index (χ4v) is 1.22. The van der Waals surface area contributed by atoms with Gasteiger partial charge in [0.1, 0.15) is 0 Å². The summed E-state index contributed by atoms with van der Waals surface area (Å²) in [4.78, 5) is 22.1. The van der Waals surface area contributed by atoms with Gasteiger partial charge in [-0.2, -0.15) is 5.10 Å². The maximum absolute atomic E-state index is 11.5. The fourth-order valence-electron chi connectivity index (χ4n) is 1.22. The highest BCUT2D eigenvalue weighted by molar-refractivity contribution is 5.93. The van der Waals surface area contributed by atoms with Crippen molar-refractivity contribution in [3.05, 3.63) is 41.6 Å². The van der Waals surface area contributed by atoms with Gasteiger partial charge in [-0.3, -0.25) is 9.89 Å². The van der Waals surface area contributed by atoms with Crippen molar-refractivity contribution >= 4 is 11.9 Å². The maximum atomic E-state index is 11.5. The minimum atomic E-state index is -1.21. The van der Waals surface area contributed by atoms with Gasteiger partial charge in [0.15, 0.2) is 5.76 Å². The second-order valence-electron chi connectivity index (χ2n) is 3.26. The van der Waals surface area contributed by atoms with Crippen LogP contribution >= 0.6 is 0 Å². The van der Waals surface area contributed by atoms with Crippen LogP contribution in [0, 0.1) is 0 Å². The lowest BCUT2D eigenvalue weighted by Crippen LogP contribution is -2.22. The number of hydrogen-bond donors (Lipinski definition) is 3. The third kappa shape index (κ3) is 2.51. The zero-order chi connectivity index (χ0) is 12.3. The number of carbonyl (C=O) groups excluding carboxylic acids is 1. The van der Waals surface area contributed by atoms with E-state index in [4.69, 9.17) is 9.52 Å². The highest BCUT2D eigenvalue weighted by Crippen LogP contribution is 2.07. The van der Waals surface area contributed by atoms with E-state index in [1.54, 1.807) is 12.4 Å². The van der Waals surface area contributed by atoms with Crippen molar-refractivity contribution in [3.63, 3.8) is 0 Å². The van der Waals surface area contributed by atoms with Crippen LogP contribution in [0.4, 0.5) is 0 Å². The summed E-state index contributed by atoms with van der Waals surface area (Å²) in [7, 11) is 0. The van der Waals surface area contributed by atoms with Crippen molar-refractivity contribution in [2.24, 2.45) is 0 Å². The molecule has 1 amide bonds. The van der Waals surface area contributed by atoms with Crippen molar-refractivity contribution in [1.82, 2.24) is 15.5 Å². The quantitative estimate of drug-likeness (QED) is 0.720. The van der Waals surface area contributed by atoms with Gasteiger partial charge in [-0.1, -0.05) is 0 Å². The van der Waals surface area contributed by atoms with Gasteiger partial charge in [0.25, 0.3) is 5.91 Å². The molecule has 7 heteroatoms. The predicted octanol–water partition coefficient (Wildman–Crippen LogP) is 0.631. The van der Waals surface area contributed by atoms with Crippen molar-refractivity contribution < 1.29 is 19.1 Å². The zero-order valence-electron chi connectivity index (χ0n) is 8.64. The van der Waals surface area contributed by atoms with Gasteiger partial charge in [-0.25, -0.2) is 4.79 Å². The Bertz CT molecular complexity index is 530. The Labute approximate surface area is 95.4 Å². The van der Waals surface area contributed by atoms with Crippen LogP contribution in [-0.4, -0.2) is 27.2 Å². The van der Waals surface area contributed by atoms with Gasteiger partial charge in [0.2, 0.25) is 5.76 Å². The molecule has 88 valence electrons. The summed E-state index contributed by atoms with van der Waals surface area (Å²) in [6.45, 7) is 0.290. The number of furan rings is 1. The van der Waals surface area contributed by atoms with Crippen LogP contribution in [0.15, 0.2) is 28.9 Å². The molecule has 3 N–H and O–H groups in total. The molecular formula is C10H9N3O4. The molecule has 0 aromatic carbocycles. The standard InChI is InChI=1S/C10H9N3O4/c14-9(11-3-6-4-12-13-5-6)7-1-2-8(17-7)10(15)16/h1-2,4-5H,3H2,(H,11,14)(H,12,13)(H,15,16). The van der Waals surface area contributed by atoms with Crippen molar-refractivity contribution in [2.45, 2.75) is 6.54 Å². The van der Waals surface area contributed by atoms with Crippen LogP contribution in [0.3, 0.4) is 0 Å². The average molecular weight is 235 g/mol. The molecule has 0 atom stereocenters. The Morgan fingerprint density at radius 1 is 1.41 bits per heavy atom. The number of nitrogens with one attached hydrogen (secondary N) is 2. The monoisotopic (exact) mass is 235 g/mol.